The van der Waals surface area contributed by atoms with Gasteiger partial charge in [0, 0.05) is 6.42 Å². The van der Waals surface area contributed by atoms with Crippen LogP contribution in [0.3, 0.4) is 0 Å². The van der Waals surface area contributed by atoms with Crippen molar-refractivity contribution in [2.24, 2.45) is 0 Å². The number of halogens is 21. The molecule has 0 aromatic rings. The molecule has 0 aliphatic rings. The maximum Gasteiger partial charge on any atom is 0.460 e. The Hall–Kier alpha value is -1.73. The molecule has 0 radical (unpaired) electrons. The molecule has 0 aliphatic heterocycles. The van der Waals surface area contributed by atoms with Crippen LogP contribution in [0.1, 0.15) is 64.2 Å². The zero-order valence-corrected chi connectivity index (χ0v) is 21.3. The van der Waals surface area contributed by atoms with Crippen molar-refractivity contribution in [2.75, 3.05) is 0 Å². The van der Waals surface area contributed by atoms with Gasteiger partial charge in [-0.05, 0) is 19.3 Å². The fourth-order valence-corrected chi connectivity index (χ4v) is 3.44. The number of alkyl halides is 21. The van der Waals surface area contributed by atoms with E-state index in [4.69, 9.17) is 0 Å². The Morgan fingerprint density at radius 2 is 0.581 bits per heavy atom. The topological polar surface area (TPSA) is 0 Å². The van der Waals surface area contributed by atoms with Crippen molar-refractivity contribution in [2.45, 2.75) is 124 Å². The van der Waals surface area contributed by atoms with Gasteiger partial charge in [0.2, 0.25) is 0 Å². The Morgan fingerprint density at radius 1 is 0.326 bits per heavy atom. The number of unbranched alkanes of at least 4 members (excludes halogenated alkanes) is 8. The molecule has 0 amide bonds. The molecule has 0 bridgehead atoms. The maximum atomic E-state index is 13.9. The first-order valence-corrected chi connectivity index (χ1v) is 11.9. The molecule has 0 rings (SSSR count). The predicted molar refractivity (Wildman–Crippen MR) is 107 cm³/mol. The van der Waals surface area contributed by atoms with Gasteiger partial charge in [0.05, 0.1) is 0 Å². The summed E-state index contributed by atoms with van der Waals surface area (Å²) in [5.41, 5.74) is 0. The molecule has 43 heavy (non-hydrogen) atoms. The monoisotopic (exact) mass is 686 g/mol. The Balaban J connectivity index is 6.10. The summed E-state index contributed by atoms with van der Waals surface area (Å²) >= 11 is 0. The Bertz CT molecular complexity index is 899. The summed E-state index contributed by atoms with van der Waals surface area (Å²) < 4.78 is 280. The molecule has 258 valence electrons. The first-order chi connectivity index (χ1) is 18.8. The lowest BCUT2D eigenvalue weighted by molar-refractivity contribution is -0.474. The van der Waals surface area contributed by atoms with Gasteiger partial charge in [-0.25, -0.2) is 0 Å². The summed E-state index contributed by atoms with van der Waals surface area (Å²) in [6, 6.07) is 0. The van der Waals surface area contributed by atoms with E-state index >= 15 is 0 Å². The average molecular weight is 686 g/mol. The molecular weight excluding hydrogens is 663 g/mol. The van der Waals surface area contributed by atoms with E-state index in [1.165, 1.54) is 0 Å². The van der Waals surface area contributed by atoms with Crippen LogP contribution < -0.4 is 0 Å². The lowest BCUT2D eigenvalue weighted by Crippen LogP contribution is -2.76. The standard InChI is InChI=1S/C22H23F21/c1-2-3-4-5-6-7-8-9-10-11-12-13(23,24)14(25,26)15(27,28)16(29,30)17(31,32)18(33,34)19(35,36)20(37,38)21(39,40)22(41,42)43/h2H,1,3-12H2. The van der Waals surface area contributed by atoms with Crippen molar-refractivity contribution in [3.63, 3.8) is 0 Å². The SMILES string of the molecule is C=CCCCCCCCCCCC(F)(F)C(F)(F)C(F)(F)C(F)(F)C(F)(F)C(F)(F)C(F)(F)C(F)(F)C(F)(F)C(F)(F)F. The van der Waals surface area contributed by atoms with E-state index in [2.05, 4.69) is 6.58 Å². The average Bonchev–Trinajstić information content (AvgIpc) is 2.83. The van der Waals surface area contributed by atoms with Gasteiger partial charge in [0.1, 0.15) is 0 Å². The number of hydrogen-bond donors (Lipinski definition) is 0. The van der Waals surface area contributed by atoms with Gasteiger partial charge in [-0.15, -0.1) is 6.58 Å². The summed E-state index contributed by atoms with van der Waals surface area (Å²) in [4.78, 5) is 0. The van der Waals surface area contributed by atoms with Crippen LogP contribution in [-0.2, 0) is 0 Å². The summed E-state index contributed by atoms with van der Waals surface area (Å²) in [5.74, 6) is -76.3. The third-order valence-electron chi connectivity index (χ3n) is 6.22. The summed E-state index contributed by atoms with van der Waals surface area (Å²) in [6.07, 6.45) is -7.13. The third-order valence-corrected chi connectivity index (χ3v) is 6.22. The summed E-state index contributed by atoms with van der Waals surface area (Å²) in [5, 5.41) is 0. The van der Waals surface area contributed by atoms with Crippen LogP contribution >= 0.6 is 0 Å². The quantitative estimate of drug-likeness (QED) is 0.0721. The fraction of sp³-hybridized carbons (Fsp3) is 0.909. The van der Waals surface area contributed by atoms with Crippen molar-refractivity contribution in [3.05, 3.63) is 12.7 Å². The molecule has 0 saturated carbocycles. The lowest BCUT2D eigenvalue weighted by Gasteiger charge is -2.44. The number of allylic oxidation sites excluding steroid dienone is 1. The number of hydrogen-bond acceptors (Lipinski definition) is 0. The highest BCUT2D eigenvalue weighted by atomic mass is 19.4. The molecule has 0 atom stereocenters. The van der Waals surface area contributed by atoms with E-state index in [9.17, 15) is 92.2 Å². The highest BCUT2D eigenvalue weighted by Gasteiger charge is 2.97. The molecule has 0 unspecified atom stereocenters. The van der Waals surface area contributed by atoms with E-state index in [0.717, 1.165) is 6.42 Å². The van der Waals surface area contributed by atoms with Crippen LogP contribution in [-0.4, -0.2) is 59.5 Å². The van der Waals surface area contributed by atoms with Crippen LogP contribution in [0.5, 0.6) is 0 Å². The lowest BCUT2D eigenvalue weighted by atomic mass is 9.85. The van der Waals surface area contributed by atoms with Crippen LogP contribution in [0.15, 0.2) is 12.7 Å². The highest BCUT2D eigenvalue weighted by Crippen LogP contribution is 2.66. The molecule has 0 saturated heterocycles. The van der Waals surface area contributed by atoms with Crippen molar-refractivity contribution in [1.82, 2.24) is 0 Å². The maximum absolute atomic E-state index is 13.9. The molecule has 0 heterocycles. The zero-order chi connectivity index (χ0) is 34.8. The first-order valence-electron chi connectivity index (χ1n) is 11.9. The van der Waals surface area contributed by atoms with Crippen molar-refractivity contribution in [3.8, 4) is 0 Å². The van der Waals surface area contributed by atoms with Gasteiger partial charge >= 0.3 is 59.5 Å². The second-order valence-electron chi connectivity index (χ2n) is 9.45. The summed E-state index contributed by atoms with van der Waals surface area (Å²) in [7, 11) is 0. The number of rotatable bonds is 19. The smallest absolute Gasteiger partial charge is 0.200 e. The zero-order valence-electron chi connectivity index (χ0n) is 21.3. The largest absolute Gasteiger partial charge is 0.460 e. The molecule has 0 aromatic heterocycles. The van der Waals surface area contributed by atoms with Gasteiger partial charge in [-0.2, -0.15) is 92.2 Å². The first kappa shape index (κ1) is 41.3. The molecule has 0 aromatic carbocycles. The Morgan fingerprint density at radius 3 is 0.884 bits per heavy atom. The van der Waals surface area contributed by atoms with E-state index in [-0.39, 0.29) is 12.8 Å². The molecule has 21 heteroatoms. The molecule has 0 nitrogen and oxygen atoms in total. The highest BCUT2D eigenvalue weighted by molar-refractivity contribution is 5.17. The van der Waals surface area contributed by atoms with E-state index < -0.39 is 78.7 Å². The van der Waals surface area contributed by atoms with Gasteiger partial charge < -0.3 is 0 Å². The Labute approximate surface area is 229 Å². The van der Waals surface area contributed by atoms with E-state index in [1.54, 1.807) is 6.08 Å². The molecule has 0 fully saturated rings. The minimum absolute atomic E-state index is 0.0359. The van der Waals surface area contributed by atoms with Crippen LogP contribution in [0.2, 0.25) is 0 Å². The second-order valence-corrected chi connectivity index (χ2v) is 9.45. The van der Waals surface area contributed by atoms with Crippen molar-refractivity contribution >= 4 is 0 Å². The van der Waals surface area contributed by atoms with Gasteiger partial charge in [-0.3, -0.25) is 0 Å². The Kier molecular flexibility index (Phi) is 12.4. The van der Waals surface area contributed by atoms with Gasteiger partial charge in [0.25, 0.3) is 0 Å². The van der Waals surface area contributed by atoms with Crippen molar-refractivity contribution < 1.29 is 92.2 Å². The molecule has 0 N–H and O–H groups in total. The molecule has 0 aliphatic carbocycles. The molecule has 0 spiro atoms. The van der Waals surface area contributed by atoms with Crippen LogP contribution in [0, 0.1) is 0 Å². The minimum atomic E-state index is -9.14. The third kappa shape index (κ3) is 6.93. The molecular formula is C22H23F21. The second kappa shape index (κ2) is 12.9. The predicted octanol–water partition coefficient (Wildman–Crippen LogP) is 11.4. The fourth-order valence-electron chi connectivity index (χ4n) is 3.44. The minimum Gasteiger partial charge on any atom is -0.200 e. The summed E-state index contributed by atoms with van der Waals surface area (Å²) in [6.45, 7) is 3.46. The van der Waals surface area contributed by atoms with E-state index in [0.29, 0.717) is 25.7 Å². The van der Waals surface area contributed by atoms with Gasteiger partial charge in [0.15, 0.2) is 0 Å². The van der Waals surface area contributed by atoms with Crippen LogP contribution in [0.25, 0.3) is 0 Å². The van der Waals surface area contributed by atoms with Crippen molar-refractivity contribution in [1.29, 1.82) is 0 Å². The normalized spacial score (nSPS) is 15.7. The van der Waals surface area contributed by atoms with Crippen LogP contribution in [0.4, 0.5) is 92.2 Å². The van der Waals surface area contributed by atoms with Gasteiger partial charge in [-0.1, -0.05) is 44.6 Å². The van der Waals surface area contributed by atoms with E-state index in [1.807, 2.05) is 0 Å².